The van der Waals surface area contributed by atoms with Gasteiger partial charge in [0, 0.05) is 38.4 Å². The average Bonchev–Trinajstić information content (AvgIpc) is 3.16. The number of anilines is 1. The molecule has 2 aliphatic heterocycles. The van der Waals surface area contributed by atoms with Crippen LogP contribution in [0.5, 0.6) is 0 Å². The van der Waals surface area contributed by atoms with Gasteiger partial charge in [-0.1, -0.05) is 12.1 Å². The third-order valence-electron chi connectivity index (χ3n) is 4.77. The number of carbonyl (C=O) groups is 2. The number of rotatable bonds is 4. The van der Waals surface area contributed by atoms with E-state index < -0.39 is 0 Å². The van der Waals surface area contributed by atoms with E-state index in [9.17, 15) is 9.59 Å². The Bertz CT molecular complexity index is 636. The first kappa shape index (κ1) is 17.5. The van der Waals surface area contributed by atoms with Gasteiger partial charge in [-0.05, 0) is 36.6 Å². The molecule has 1 atom stereocenters. The Labute approximate surface area is 148 Å². The second kappa shape index (κ2) is 8.16. The molecular formula is C19H25N3O3. The number of ether oxygens (including phenoxy) is 1. The summed E-state index contributed by atoms with van der Waals surface area (Å²) in [4.78, 5) is 28.2. The molecule has 2 fully saturated rings. The normalized spacial score (nSPS) is 20.9. The van der Waals surface area contributed by atoms with Crippen LogP contribution in [-0.2, 0) is 14.3 Å². The largest absolute Gasteiger partial charge is 0.378 e. The summed E-state index contributed by atoms with van der Waals surface area (Å²) >= 11 is 0. The molecule has 0 bridgehead atoms. The number of likely N-dealkylation sites (N-methyl/N-ethyl adjacent to an activating group) is 1. The van der Waals surface area contributed by atoms with Crippen LogP contribution in [0.1, 0.15) is 18.4 Å². The third kappa shape index (κ3) is 4.20. The number of hydrogen-bond acceptors (Lipinski definition) is 4. The summed E-state index contributed by atoms with van der Waals surface area (Å²) in [6, 6.07) is 7.81. The summed E-state index contributed by atoms with van der Waals surface area (Å²) in [6.07, 6.45) is 4.97. The molecule has 0 radical (unpaired) electrons. The number of benzene rings is 1. The van der Waals surface area contributed by atoms with Crippen molar-refractivity contribution in [3.63, 3.8) is 0 Å². The van der Waals surface area contributed by atoms with E-state index in [4.69, 9.17) is 4.74 Å². The van der Waals surface area contributed by atoms with Crippen LogP contribution in [0.25, 0.3) is 6.08 Å². The third-order valence-corrected chi connectivity index (χ3v) is 4.77. The Morgan fingerprint density at radius 3 is 2.56 bits per heavy atom. The van der Waals surface area contributed by atoms with Gasteiger partial charge in [0.1, 0.15) is 6.04 Å². The number of likely N-dealkylation sites (tertiary alicyclic amines) is 1. The Balaban J connectivity index is 1.61. The molecule has 6 nitrogen and oxygen atoms in total. The van der Waals surface area contributed by atoms with Gasteiger partial charge in [-0.25, -0.2) is 0 Å². The van der Waals surface area contributed by atoms with Gasteiger partial charge in [0.15, 0.2) is 0 Å². The molecule has 2 heterocycles. The highest BCUT2D eigenvalue weighted by Crippen LogP contribution is 2.19. The summed E-state index contributed by atoms with van der Waals surface area (Å²) in [5.41, 5.74) is 2.15. The monoisotopic (exact) mass is 343 g/mol. The smallest absolute Gasteiger partial charge is 0.247 e. The van der Waals surface area contributed by atoms with Crippen molar-refractivity contribution < 1.29 is 14.3 Å². The first-order valence-corrected chi connectivity index (χ1v) is 8.82. The van der Waals surface area contributed by atoms with Gasteiger partial charge < -0.3 is 19.9 Å². The molecule has 0 spiro atoms. The number of carbonyl (C=O) groups excluding carboxylic acids is 2. The van der Waals surface area contributed by atoms with Gasteiger partial charge in [0.05, 0.1) is 13.2 Å². The number of nitrogens with zero attached hydrogens (tertiary/aromatic N) is 2. The molecule has 3 rings (SSSR count). The highest BCUT2D eigenvalue weighted by molar-refractivity contribution is 5.96. The molecule has 6 heteroatoms. The second-order valence-electron chi connectivity index (χ2n) is 6.33. The van der Waals surface area contributed by atoms with Crippen LogP contribution in [0.15, 0.2) is 30.3 Å². The van der Waals surface area contributed by atoms with Crippen LogP contribution in [0.3, 0.4) is 0 Å². The van der Waals surface area contributed by atoms with E-state index in [-0.39, 0.29) is 17.9 Å². The second-order valence-corrected chi connectivity index (χ2v) is 6.33. The Kier molecular flexibility index (Phi) is 5.71. The van der Waals surface area contributed by atoms with Crippen molar-refractivity contribution in [1.82, 2.24) is 10.2 Å². The molecule has 1 aromatic carbocycles. The van der Waals surface area contributed by atoms with E-state index in [1.807, 2.05) is 18.2 Å². The van der Waals surface area contributed by atoms with Gasteiger partial charge in [-0.3, -0.25) is 9.59 Å². The molecule has 0 saturated carbocycles. The standard InChI is InChI=1S/C19H25N3O3/c1-20-19(24)17-3-2-10-22(17)18(23)9-6-15-4-7-16(8-5-15)21-11-13-25-14-12-21/h4-9,17H,2-3,10-14H2,1H3,(H,20,24)/b9-6+. The van der Waals surface area contributed by atoms with Gasteiger partial charge in [-0.2, -0.15) is 0 Å². The fraction of sp³-hybridized carbons (Fsp3) is 0.474. The van der Waals surface area contributed by atoms with Crippen LogP contribution < -0.4 is 10.2 Å². The minimum absolute atomic E-state index is 0.0888. The lowest BCUT2D eigenvalue weighted by molar-refractivity contribution is -0.134. The Morgan fingerprint density at radius 1 is 1.16 bits per heavy atom. The summed E-state index contributed by atoms with van der Waals surface area (Å²) < 4.78 is 5.37. The van der Waals surface area contributed by atoms with Crippen molar-refractivity contribution in [3.8, 4) is 0 Å². The van der Waals surface area contributed by atoms with E-state index in [0.717, 1.165) is 44.7 Å². The lowest BCUT2D eigenvalue weighted by Gasteiger charge is -2.28. The molecule has 1 aromatic rings. The molecule has 1 unspecified atom stereocenters. The number of hydrogen-bond donors (Lipinski definition) is 1. The molecule has 0 aromatic heterocycles. The van der Waals surface area contributed by atoms with Gasteiger partial charge >= 0.3 is 0 Å². The summed E-state index contributed by atoms with van der Waals surface area (Å²) in [6.45, 7) is 3.97. The average molecular weight is 343 g/mol. The van der Waals surface area contributed by atoms with E-state index in [1.165, 1.54) is 5.69 Å². The number of morpholine rings is 1. The van der Waals surface area contributed by atoms with E-state index >= 15 is 0 Å². The van der Waals surface area contributed by atoms with Crippen molar-refractivity contribution >= 4 is 23.6 Å². The highest BCUT2D eigenvalue weighted by atomic mass is 16.5. The quantitative estimate of drug-likeness (QED) is 0.837. The van der Waals surface area contributed by atoms with Gasteiger partial charge in [-0.15, -0.1) is 0 Å². The van der Waals surface area contributed by atoms with Gasteiger partial charge in [0.25, 0.3) is 0 Å². The summed E-state index contributed by atoms with van der Waals surface area (Å²) in [7, 11) is 1.61. The summed E-state index contributed by atoms with van der Waals surface area (Å²) in [5, 5.41) is 2.63. The zero-order chi connectivity index (χ0) is 17.6. The molecule has 1 N–H and O–H groups in total. The summed E-state index contributed by atoms with van der Waals surface area (Å²) in [5.74, 6) is -0.197. The predicted octanol–water partition coefficient (Wildman–Crippen LogP) is 1.27. The van der Waals surface area contributed by atoms with Crippen LogP contribution in [0, 0.1) is 0 Å². The maximum absolute atomic E-state index is 12.4. The number of amides is 2. The highest BCUT2D eigenvalue weighted by Gasteiger charge is 2.32. The maximum atomic E-state index is 12.4. The topological polar surface area (TPSA) is 61.9 Å². The SMILES string of the molecule is CNC(=O)C1CCCN1C(=O)/C=C/c1ccc(N2CCOCC2)cc1. The Hall–Kier alpha value is -2.34. The zero-order valence-corrected chi connectivity index (χ0v) is 14.6. The van der Waals surface area contributed by atoms with Crippen LogP contribution in [0.2, 0.25) is 0 Å². The predicted molar refractivity (Wildman–Crippen MR) is 97.3 cm³/mol. The molecule has 134 valence electrons. The minimum Gasteiger partial charge on any atom is -0.378 e. The molecule has 25 heavy (non-hydrogen) atoms. The minimum atomic E-state index is -0.342. The fourth-order valence-electron chi connectivity index (χ4n) is 3.35. The van der Waals surface area contributed by atoms with Crippen molar-refractivity contribution in [2.75, 3.05) is 44.8 Å². The zero-order valence-electron chi connectivity index (χ0n) is 14.6. The van der Waals surface area contributed by atoms with E-state index in [2.05, 4.69) is 22.3 Å². The van der Waals surface area contributed by atoms with E-state index in [1.54, 1.807) is 18.0 Å². The lowest BCUT2D eigenvalue weighted by atomic mass is 10.1. The van der Waals surface area contributed by atoms with Crippen LogP contribution >= 0.6 is 0 Å². The van der Waals surface area contributed by atoms with E-state index in [0.29, 0.717) is 6.54 Å². The van der Waals surface area contributed by atoms with Crippen LogP contribution in [0.4, 0.5) is 5.69 Å². The van der Waals surface area contributed by atoms with Crippen molar-refractivity contribution in [2.45, 2.75) is 18.9 Å². The van der Waals surface area contributed by atoms with Crippen molar-refractivity contribution in [1.29, 1.82) is 0 Å². The van der Waals surface area contributed by atoms with Gasteiger partial charge in [0.2, 0.25) is 11.8 Å². The first-order valence-electron chi connectivity index (χ1n) is 8.82. The number of nitrogens with one attached hydrogen (secondary N) is 1. The fourth-order valence-corrected chi connectivity index (χ4v) is 3.35. The molecule has 2 saturated heterocycles. The molecular weight excluding hydrogens is 318 g/mol. The van der Waals surface area contributed by atoms with Crippen LogP contribution in [-0.4, -0.2) is 62.7 Å². The maximum Gasteiger partial charge on any atom is 0.247 e. The molecule has 2 amide bonds. The Morgan fingerprint density at radius 2 is 1.88 bits per heavy atom. The lowest BCUT2D eigenvalue weighted by Crippen LogP contribution is -2.44. The molecule has 2 aliphatic rings. The van der Waals surface area contributed by atoms with Crippen molar-refractivity contribution in [3.05, 3.63) is 35.9 Å². The first-order chi connectivity index (χ1) is 12.2. The van der Waals surface area contributed by atoms with Crippen molar-refractivity contribution in [2.24, 2.45) is 0 Å². The molecule has 0 aliphatic carbocycles.